The van der Waals surface area contributed by atoms with Crippen LogP contribution in [0.2, 0.25) is 0 Å². The van der Waals surface area contributed by atoms with Crippen LogP contribution >= 0.6 is 0 Å². The molecule has 0 aliphatic carbocycles. The number of nitrogens with one attached hydrogen (secondary N) is 2. The zero-order chi connectivity index (χ0) is 13.8. The molecule has 1 heterocycles. The van der Waals surface area contributed by atoms with Gasteiger partial charge in [0.15, 0.2) is 0 Å². The van der Waals surface area contributed by atoms with E-state index in [1.807, 2.05) is 20.8 Å². The first-order valence-corrected chi connectivity index (χ1v) is 6.58. The number of esters is 1. The third-order valence-corrected chi connectivity index (χ3v) is 3.82. The molecule has 5 nitrogen and oxygen atoms in total. The van der Waals surface area contributed by atoms with E-state index in [4.69, 9.17) is 4.74 Å². The first kappa shape index (κ1) is 15.0. The molecule has 5 heteroatoms. The van der Waals surface area contributed by atoms with Crippen LogP contribution < -0.4 is 10.6 Å². The summed E-state index contributed by atoms with van der Waals surface area (Å²) in [6.07, 6.45) is 2.59. The molecule has 3 atom stereocenters. The quantitative estimate of drug-likeness (QED) is 0.715. The van der Waals surface area contributed by atoms with Gasteiger partial charge in [-0.1, -0.05) is 20.3 Å². The van der Waals surface area contributed by atoms with E-state index in [2.05, 4.69) is 10.6 Å². The molecule has 1 rings (SSSR count). The molecule has 0 aromatic heterocycles. The van der Waals surface area contributed by atoms with Gasteiger partial charge < -0.3 is 15.4 Å². The average Bonchev–Trinajstić information content (AvgIpc) is 2.82. The second kappa shape index (κ2) is 6.18. The Labute approximate surface area is 109 Å². The number of hydrogen-bond acceptors (Lipinski definition) is 4. The highest BCUT2D eigenvalue weighted by Gasteiger charge is 2.38. The fourth-order valence-corrected chi connectivity index (χ4v) is 2.19. The van der Waals surface area contributed by atoms with E-state index in [-0.39, 0.29) is 17.8 Å². The van der Waals surface area contributed by atoms with E-state index >= 15 is 0 Å². The Kier molecular flexibility index (Phi) is 5.14. The smallest absolute Gasteiger partial charge is 0.328 e. The lowest BCUT2D eigenvalue weighted by Crippen LogP contribution is -2.57. The van der Waals surface area contributed by atoms with Gasteiger partial charge in [-0.15, -0.1) is 0 Å². The first-order valence-electron chi connectivity index (χ1n) is 6.58. The molecule has 0 saturated carbocycles. The molecule has 1 amide bonds. The minimum atomic E-state index is -0.563. The monoisotopic (exact) mass is 256 g/mol. The first-order chi connectivity index (χ1) is 8.44. The summed E-state index contributed by atoms with van der Waals surface area (Å²) in [5, 5.41) is 6.01. The van der Waals surface area contributed by atoms with Gasteiger partial charge >= 0.3 is 5.97 Å². The van der Waals surface area contributed by atoms with E-state index in [1.165, 1.54) is 7.11 Å². The zero-order valence-corrected chi connectivity index (χ0v) is 11.7. The van der Waals surface area contributed by atoms with Crippen molar-refractivity contribution in [3.05, 3.63) is 0 Å². The van der Waals surface area contributed by atoms with Gasteiger partial charge in [0.05, 0.1) is 12.6 Å². The predicted molar refractivity (Wildman–Crippen MR) is 69.0 cm³/mol. The fraction of sp³-hybridized carbons (Fsp3) is 0.846. The van der Waals surface area contributed by atoms with Crippen molar-refractivity contribution >= 4 is 11.9 Å². The van der Waals surface area contributed by atoms with Gasteiger partial charge in [-0.3, -0.25) is 4.79 Å². The SMILES string of the molecule is CCC(C)C(NC(=O)C1(C)CCCN1)C(=O)OC. The highest BCUT2D eigenvalue weighted by Crippen LogP contribution is 2.20. The second-order valence-electron chi connectivity index (χ2n) is 5.22. The maximum atomic E-state index is 12.2. The minimum absolute atomic E-state index is 0.0615. The molecular formula is C13H24N2O3. The Bertz CT molecular complexity index is 311. The zero-order valence-electron chi connectivity index (χ0n) is 11.7. The topological polar surface area (TPSA) is 67.4 Å². The van der Waals surface area contributed by atoms with Gasteiger partial charge in [-0.2, -0.15) is 0 Å². The fourth-order valence-electron chi connectivity index (χ4n) is 2.19. The summed E-state index contributed by atoms with van der Waals surface area (Å²) >= 11 is 0. The Morgan fingerprint density at radius 2 is 2.17 bits per heavy atom. The van der Waals surface area contributed by atoms with Gasteiger partial charge in [0.1, 0.15) is 6.04 Å². The summed E-state index contributed by atoms with van der Waals surface area (Å²) in [7, 11) is 1.35. The van der Waals surface area contributed by atoms with Gasteiger partial charge in [-0.05, 0) is 32.2 Å². The van der Waals surface area contributed by atoms with Crippen molar-refractivity contribution in [1.82, 2.24) is 10.6 Å². The number of amides is 1. The molecule has 0 aromatic rings. The van der Waals surface area contributed by atoms with E-state index in [0.29, 0.717) is 0 Å². The summed E-state index contributed by atoms with van der Waals surface area (Å²) in [5.74, 6) is -0.429. The highest BCUT2D eigenvalue weighted by molar-refractivity contribution is 5.90. The van der Waals surface area contributed by atoms with Crippen molar-refractivity contribution in [2.75, 3.05) is 13.7 Å². The molecule has 1 saturated heterocycles. The molecule has 2 N–H and O–H groups in total. The van der Waals surface area contributed by atoms with Crippen LogP contribution in [-0.4, -0.2) is 37.1 Å². The number of ether oxygens (including phenoxy) is 1. The molecule has 1 aliphatic rings. The predicted octanol–water partition coefficient (Wildman–Crippen LogP) is 0.832. The molecule has 0 bridgehead atoms. The maximum Gasteiger partial charge on any atom is 0.328 e. The largest absolute Gasteiger partial charge is 0.467 e. The third-order valence-electron chi connectivity index (χ3n) is 3.82. The number of carbonyl (C=O) groups is 2. The Hall–Kier alpha value is -1.10. The molecule has 0 aromatic carbocycles. The summed E-state index contributed by atoms with van der Waals surface area (Å²) < 4.78 is 4.76. The van der Waals surface area contributed by atoms with Crippen LogP contribution in [-0.2, 0) is 14.3 Å². The van der Waals surface area contributed by atoms with Crippen LogP contribution in [0.1, 0.15) is 40.0 Å². The summed E-state index contributed by atoms with van der Waals surface area (Å²) in [5.41, 5.74) is -0.556. The van der Waals surface area contributed by atoms with Crippen LogP contribution in [0.3, 0.4) is 0 Å². The molecular weight excluding hydrogens is 232 g/mol. The molecule has 18 heavy (non-hydrogen) atoms. The van der Waals surface area contributed by atoms with Crippen LogP contribution in [0.25, 0.3) is 0 Å². The van der Waals surface area contributed by atoms with Crippen LogP contribution in [0.5, 0.6) is 0 Å². The van der Waals surface area contributed by atoms with Gasteiger partial charge in [0, 0.05) is 0 Å². The van der Waals surface area contributed by atoms with Crippen molar-refractivity contribution in [2.24, 2.45) is 5.92 Å². The van der Waals surface area contributed by atoms with Crippen LogP contribution in [0.15, 0.2) is 0 Å². The Morgan fingerprint density at radius 3 is 2.61 bits per heavy atom. The van der Waals surface area contributed by atoms with Crippen LogP contribution in [0, 0.1) is 5.92 Å². The summed E-state index contributed by atoms with van der Waals surface area (Å²) in [6.45, 7) is 6.64. The average molecular weight is 256 g/mol. The van der Waals surface area contributed by atoms with Crippen molar-refractivity contribution in [3.8, 4) is 0 Å². The number of methoxy groups -OCH3 is 1. The molecule has 0 radical (unpaired) electrons. The summed E-state index contributed by atoms with van der Waals surface area (Å²) in [6, 6.07) is -0.563. The molecule has 1 fully saturated rings. The summed E-state index contributed by atoms with van der Waals surface area (Å²) in [4.78, 5) is 23.9. The number of carbonyl (C=O) groups excluding carboxylic acids is 2. The van der Waals surface area contributed by atoms with Crippen molar-refractivity contribution in [3.63, 3.8) is 0 Å². The van der Waals surface area contributed by atoms with Crippen molar-refractivity contribution in [2.45, 2.75) is 51.6 Å². The Balaban J connectivity index is 2.71. The lowest BCUT2D eigenvalue weighted by molar-refractivity contribution is -0.147. The lowest BCUT2D eigenvalue weighted by Gasteiger charge is -2.28. The van der Waals surface area contributed by atoms with Gasteiger partial charge in [-0.25, -0.2) is 4.79 Å². The molecule has 3 unspecified atom stereocenters. The normalized spacial score (nSPS) is 26.4. The second-order valence-corrected chi connectivity index (χ2v) is 5.22. The van der Waals surface area contributed by atoms with Crippen molar-refractivity contribution in [1.29, 1.82) is 0 Å². The number of rotatable bonds is 5. The molecule has 104 valence electrons. The lowest BCUT2D eigenvalue weighted by atomic mass is 9.95. The molecule has 0 spiro atoms. The number of hydrogen-bond donors (Lipinski definition) is 2. The molecule has 1 aliphatic heterocycles. The van der Waals surface area contributed by atoms with Gasteiger partial charge in [0.25, 0.3) is 0 Å². The standard InChI is InChI=1S/C13H24N2O3/c1-5-9(2)10(11(16)18-4)15-12(17)13(3)7-6-8-14-13/h9-10,14H,5-8H2,1-4H3,(H,15,17). The van der Waals surface area contributed by atoms with E-state index in [9.17, 15) is 9.59 Å². The minimum Gasteiger partial charge on any atom is -0.467 e. The Morgan fingerprint density at radius 1 is 1.50 bits per heavy atom. The van der Waals surface area contributed by atoms with E-state index in [0.717, 1.165) is 25.8 Å². The van der Waals surface area contributed by atoms with Crippen LogP contribution in [0.4, 0.5) is 0 Å². The van der Waals surface area contributed by atoms with E-state index in [1.54, 1.807) is 0 Å². The van der Waals surface area contributed by atoms with Gasteiger partial charge in [0.2, 0.25) is 5.91 Å². The maximum absolute atomic E-state index is 12.2. The van der Waals surface area contributed by atoms with Crippen molar-refractivity contribution < 1.29 is 14.3 Å². The van der Waals surface area contributed by atoms with E-state index < -0.39 is 11.6 Å². The highest BCUT2D eigenvalue weighted by atomic mass is 16.5. The third kappa shape index (κ3) is 3.22.